The van der Waals surface area contributed by atoms with Gasteiger partial charge < -0.3 is 10.1 Å². The summed E-state index contributed by atoms with van der Waals surface area (Å²) < 4.78 is 34.1. The summed E-state index contributed by atoms with van der Waals surface area (Å²) in [6, 6.07) is 3.01. The van der Waals surface area contributed by atoms with Crippen LogP contribution in [0.5, 0.6) is 5.75 Å². The number of fused-ring (bicyclic) bond motifs is 1. The molecule has 0 saturated heterocycles. The Kier molecular flexibility index (Phi) is 6.45. The van der Waals surface area contributed by atoms with Gasteiger partial charge in [-0.1, -0.05) is 0 Å². The number of imidazole rings is 1. The summed E-state index contributed by atoms with van der Waals surface area (Å²) in [6.07, 6.45) is 4.81. The van der Waals surface area contributed by atoms with Crippen LogP contribution >= 0.6 is 11.3 Å². The summed E-state index contributed by atoms with van der Waals surface area (Å²) in [5.74, 6) is -0.0558. The van der Waals surface area contributed by atoms with Crippen LogP contribution in [-0.4, -0.2) is 50.3 Å². The van der Waals surface area contributed by atoms with Crippen molar-refractivity contribution in [3.8, 4) is 17.1 Å². The van der Waals surface area contributed by atoms with Crippen LogP contribution in [0.25, 0.3) is 17.0 Å². The van der Waals surface area contributed by atoms with Crippen molar-refractivity contribution in [1.29, 1.82) is 0 Å². The second kappa shape index (κ2) is 9.08. The monoisotopic (exact) mass is 516 g/mol. The highest BCUT2D eigenvalue weighted by molar-refractivity contribution is 7.92. The number of amides is 1. The van der Waals surface area contributed by atoms with Crippen LogP contribution in [0.3, 0.4) is 0 Å². The van der Waals surface area contributed by atoms with E-state index < -0.39 is 14.6 Å². The van der Waals surface area contributed by atoms with Crippen molar-refractivity contribution in [2.45, 2.75) is 56.8 Å². The molecule has 4 aromatic heterocycles. The van der Waals surface area contributed by atoms with Gasteiger partial charge in [-0.15, -0.1) is 11.3 Å². The minimum Gasteiger partial charge on any atom is -0.495 e. The lowest BCUT2D eigenvalue weighted by atomic mass is 10.2. The van der Waals surface area contributed by atoms with Gasteiger partial charge in [-0.2, -0.15) is 5.10 Å². The van der Waals surface area contributed by atoms with Crippen molar-refractivity contribution in [2.75, 3.05) is 7.11 Å². The average Bonchev–Trinajstić information content (AvgIpc) is 3.56. The van der Waals surface area contributed by atoms with Gasteiger partial charge in [0, 0.05) is 30.4 Å². The number of aryl methyl sites for hydroxylation is 1. The minimum absolute atomic E-state index is 0.0596. The summed E-state index contributed by atoms with van der Waals surface area (Å²) in [5.41, 5.74) is 1.94. The maximum atomic E-state index is 13.3. The fraction of sp³-hybridized carbons (Fsp3) is 0.391. The van der Waals surface area contributed by atoms with E-state index in [2.05, 4.69) is 20.4 Å². The van der Waals surface area contributed by atoms with Crippen LogP contribution < -0.4 is 10.1 Å². The molecule has 4 aromatic rings. The number of thiazole rings is 1. The van der Waals surface area contributed by atoms with Crippen LogP contribution in [0.2, 0.25) is 0 Å². The molecule has 35 heavy (non-hydrogen) atoms. The van der Waals surface area contributed by atoms with E-state index >= 15 is 0 Å². The van der Waals surface area contributed by atoms with Gasteiger partial charge in [0.05, 0.1) is 29.8 Å². The van der Waals surface area contributed by atoms with E-state index in [0.29, 0.717) is 29.3 Å². The molecule has 10 nitrogen and oxygen atoms in total. The van der Waals surface area contributed by atoms with Gasteiger partial charge in [-0.3, -0.25) is 13.9 Å². The summed E-state index contributed by atoms with van der Waals surface area (Å²) in [5, 5.41) is 10.2. The number of nitrogens with one attached hydrogen (secondary N) is 1. The van der Waals surface area contributed by atoms with Crippen LogP contribution in [0.1, 0.15) is 56.2 Å². The number of nitrogens with zero attached hydrogens (tertiary/aromatic N) is 5. The van der Waals surface area contributed by atoms with E-state index in [1.54, 1.807) is 54.4 Å². The molecular weight excluding hydrogens is 488 g/mol. The fourth-order valence-corrected chi connectivity index (χ4v) is 5.57. The molecule has 0 fully saturated rings. The molecule has 0 aliphatic carbocycles. The van der Waals surface area contributed by atoms with Crippen LogP contribution in [0.15, 0.2) is 41.0 Å². The molecule has 0 unspecified atom stereocenters. The van der Waals surface area contributed by atoms with Crippen LogP contribution in [0.4, 0.5) is 0 Å². The van der Waals surface area contributed by atoms with E-state index in [1.165, 1.54) is 24.6 Å². The SMILES string of the molecule is CCn1nc(-c2cnc3cc(OC)c(S(=O)(=O)C(C)(C)C)cn23)cc1C(=O)N[C@H](C)c1nccs1. The van der Waals surface area contributed by atoms with E-state index in [1.807, 2.05) is 19.2 Å². The minimum atomic E-state index is -3.71. The number of rotatable bonds is 7. The first-order valence-corrected chi connectivity index (χ1v) is 13.4. The lowest BCUT2D eigenvalue weighted by Gasteiger charge is -2.21. The Morgan fingerprint density at radius 3 is 2.60 bits per heavy atom. The average molecular weight is 517 g/mol. The molecule has 0 bridgehead atoms. The third kappa shape index (κ3) is 4.43. The summed E-state index contributed by atoms with van der Waals surface area (Å²) in [6.45, 7) is 9.16. The molecular formula is C23H28N6O4S2. The Morgan fingerprint density at radius 2 is 2.00 bits per heavy atom. The highest BCUT2D eigenvalue weighted by atomic mass is 32.2. The molecule has 12 heteroatoms. The normalized spacial score (nSPS) is 13.2. The Balaban J connectivity index is 1.78. The van der Waals surface area contributed by atoms with E-state index in [0.717, 1.165) is 5.01 Å². The largest absolute Gasteiger partial charge is 0.495 e. The first-order valence-electron chi connectivity index (χ1n) is 11.1. The van der Waals surface area contributed by atoms with Gasteiger partial charge >= 0.3 is 0 Å². The predicted molar refractivity (Wildman–Crippen MR) is 134 cm³/mol. The molecule has 4 heterocycles. The van der Waals surface area contributed by atoms with Crippen LogP contribution in [-0.2, 0) is 16.4 Å². The van der Waals surface area contributed by atoms with Crippen molar-refractivity contribution in [2.24, 2.45) is 0 Å². The fourth-order valence-electron chi connectivity index (χ4n) is 3.61. The second-order valence-electron chi connectivity index (χ2n) is 8.99. The molecule has 1 N–H and O–H groups in total. The third-order valence-electron chi connectivity index (χ3n) is 5.63. The molecule has 0 aliphatic rings. The summed E-state index contributed by atoms with van der Waals surface area (Å²) >= 11 is 1.47. The summed E-state index contributed by atoms with van der Waals surface area (Å²) in [7, 11) is -2.28. The zero-order chi connectivity index (χ0) is 25.5. The Hall–Kier alpha value is -3.25. The first-order chi connectivity index (χ1) is 16.5. The number of pyridine rings is 1. The highest BCUT2D eigenvalue weighted by Crippen LogP contribution is 2.34. The lowest BCUT2D eigenvalue weighted by Crippen LogP contribution is -2.28. The number of hydrogen-bond acceptors (Lipinski definition) is 8. The molecule has 1 atom stereocenters. The Morgan fingerprint density at radius 1 is 1.26 bits per heavy atom. The number of hydrogen-bond donors (Lipinski definition) is 1. The number of aromatic nitrogens is 5. The number of carbonyl (C=O) groups excluding carboxylic acids is 1. The van der Waals surface area contributed by atoms with E-state index in [4.69, 9.17) is 4.74 Å². The number of sulfone groups is 1. The molecule has 1 amide bonds. The highest BCUT2D eigenvalue weighted by Gasteiger charge is 2.34. The molecule has 0 saturated carbocycles. The second-order valence-corrected chi connectivity index (χ2v) is 12.6. The lowest BCUT2D eigenvalue weighted by molar-refractivity contribution is 0.0929. The van der Waals surface area contributed by atoms with Gasteiger partial charge in [-0.05, 0) is 40.7 Å². The Labute approximate surface area is 207 Å². The van der Waals surface area contributed by atoms with Gasteiger partial charge in [0.25, 0.3) is 5.91 Å². The van der Waals surface area contributed by atoms with Gasteiger partial charge in [-0.25, -0.2) is 18.4 Å². The maximum absolute atomic E-state index is 13.3. The number of ether oxygens (including phenoxy) is 1. The van der Waals surface area contributed by atoms with Gasteiger partial charge in [0.2, 0.25) is 0 Å². The van der Waals surface area contributed by atoms with E-state index in [-0.39, 0.29) is 22.6 Å². The molecule has 0 aromatic carbocycles. The summed E-state index contributed by atoms with van der Waals surface area (Å²) in [4.78, 5) is 21.8. The zero-order valence-electron chi connectivity index (χ0n) is 20.4. The van der Waals surface area contributed by atoms with Gasteiger partial charge in [0.1, 0.15) is 32.7 Å². The number of methoxy groups -OCH3 is 1. The Bertz CT molecular complexity index is 1480. The zero-order valence-corrected chi connectivity index (χ0v) is 22.1. The molecule has 186 valence electrons. The molecule has 4 rings (SSSR count). The standard InChI is InChI=1S/C23H28N6O4S2/c1-7-29-16(21(30)26-14(2)22-24-8-9-34-22)10-15(27-29)17-12-25-20-11-18(33-6)19(13-28(17)20)35(31,32)23(3,4)5/h8-14H,7H2,1-6H3,(H,26,30)/t14-/m1/s1. The maximum Gasteiger partial charge on any atom is 0.270 e. The quantitative estimate of drug-likeness (QED) is 0.397. The molecule has 0 spiro atoms. The number of carbonyl (C=O) groups is 1. The van der Waals surface area contributed by atoms with Gasteiger partial charge in [0.15, 0.2) is 9.84 Å². The predicted octanol–water partition coefficient (Wildman–Crippen LogP) is 3.75. The van der Waals surface area contributed by atoms with Crippen molar-refractivity contribution < 1.29 is 17.9 Å². The van der Waals surface area contributed by atoms with Crippen molar-refractivity contribution in [1.82, 2.24) is 29.5 Å². The first kappa shape index (κ1) is 24.9. The topological polar surface area (TPSA) is 120 Å². The van der Waals surface area contributed by atoms with Crippen LogP contribution in [0, 0.1) is 0 Å². The molecule has 0 radical (unpaired) electrons. The van der Waals surface area contributed by atoms with Crippen molar-refractivity contribution >= 4 is 32.7 Å². The van der Waals surface area contributed by atoms with E-state index in [9.17, 15) is 13.2 Å². The molecule has 0 aliphatic heterocycles. The van der Waals surface area contributed by atoms with Crippen molar-refractivity contribution in [3.05, 3.63) is 46.8 Å². The smallest absolute Gasteiger partial charge is 0.270 e. The third-order valence-corrected chi connectivity index (χ3v) is 9.09. The van der Waals surface area contributed by atoms with Crippen molar-refractivity contribution in [3.63, 3.8) is 0 Å².